The Kier molecular flexibility index (Phi) is 4.26. The largest absolute Gasteiger partial charge is 0.396 e. The summed E-state index contributed by atoms with van der Waals surface area (Å²) in [5.41, 5.74) is 8.11. The molecule has 0 aliphatic heterocycles. The first-order valence-corrected chi connectivity index (χ1v) is 7.40. The van der Waals surface area contributed by atoms with E-state index in [0.717, 1.165) is 0 Å². The van der Waals surface area contributed by atoms with Crippen LogP contribution in [-0.2, 0) is 0 Å². The second-order valence-corrected chi connectivity index (χ2v) is 5.39. The summed E-state index contributed by atoms with van der Waals surface area (Å²) < 4.78 is 0. The monoisotopic (exact) mass is 323 g/mol. The first kappa shape index (κ1) is 15.1. The molecule has 0 amide bonds. The van der Waals surface area contributed by atoms with Crippen LogP contribution < -0.4 is 11.1 Å². The SMILES string of the molecule is Nc1cccnc1Nc1ccccc1C(=O)c1cccc(Cl)c1. The molecule has 3 aromatic rings. The summed E-state index contributed by atoms with van der Waals surface area (Å²) >= 11 is 5.97. The molecular formula is C18H14ClN3O. The quantitative estimate of drug-likeness (QED) is 0.703. The Bertz CT molecular complexity index is 864. The molecule has 114 valence electrons. The fraction of sp³-hybridized carbons (Fsp3) is 0. The zero-order valence-corrected chi connectivity index (χ0v) is 12.9. The van der Waals surface area contributed by atoms with E-state index in [0.29, 0.717) is 33.3 Å². The lowest BCUT2D eigenvalue weighted by atomic mass is 10.0. The van der Waals surface area contributed by atoms with Gasteiger partial charge in [-0.1, -0.05) is 35.9 Å². The molecule has 0 radical (unpaired) electrons. The topological polar surface area (TPSA) is 68.0 Å². The first-order chi connectivity index (χ1) is 11.1. The van der Waals surface area contributed by atoms with Crippen molar-refractivity contribution in [3.63, 3.8) is 0 Å². The first-order valence-electron chi connectivity index (χ1n) is 7.02. The predicted molar refractivity (Wildman–Crippen MR) is 93.3 cm³/mol. The van der Waals surface area contributed by atoms with Crippen LogP contribution >= 0.6 is 11.6 Å². The van der Waals surface area contributed by atoms with Crippen molar-refractivity contribution in [2.75, 3.05) is 11.1 Å². The van der Waals surface area contributed by atoms with Crippen LogP contribution in [-0.4, -0.2) is 10.8 Å². The summed E-state index contributed by atoms with van der Waals surface area (Å²) in [6.07, 6.45) is 1.64. The molecule has 0 bridgehead atoms. The van der Waals surface area contributed by atoms with Crippen molar-refractivity contribution in [2.45, 2.75) is 0 Å². The summed E-state index contributed by atoms with van der Waals surface area (Å²) in [6, 6.07) is 17.6. The van der Waals surface area contributed by atoms with Gasteiger partial charge < -0.3 is 11.1 Å². The fourth-order valence-corrected chi connectivity index (χ4v) is 2.42. The van der Waals surface area contributed by atoms with Crippen LogP contribution in [0.1, 0.15) is 15.9 Å². The Morgan fingerprint density at radius 3 is 2.65 bits per heavy atom. The lowest BCUT2D eigenvalue weighted by Gasteiger charge is -2.12. The Morgan fingerprint density at radius 2 is 1.87 bits per heavy atom. The Hall–Kier alpha value is -2.85. The van der Waals surface area contributed by atoms with Crippen molar-refractivity contribution in [2.24, 2.45) is 0 Å². The minimum absolute atomic E-state index is 0.120. The van der Waals surface area contributed by atoms with Gasteiger partial charge in [0, 0.05) is 22.3 Å². The summed E-state index contributed by atoms with van der Waals surface area (Å²) in [7, 11) is 0. The number of anilines is 3. The van der Waals surface area contributed by atoms with Gasteiger partial charge in [-0.15, -0.1) is 0 Å². The minimum atomic E-state index is -0.120. The molecule has 0 aliphatic carbocycles. The number of carbonyl (C=O) groups excluding carboxylic acids is 1. The van der Waals surface area contributed by atoms with E-state index in [1.165, 1.54) is 0 Å². The zero-order chi connectivity index (χ0) is 16.2. The Morgan fingerprint density at radius 1 is 1.04 bits per heavy atom. The molecule has 3 rings (SSSR count). The molecule has 3 N–H and O–H groups in total. The van der Waals surface area contributed by atoms with E-state index >= 15 is 0 Å². The number of rotatable bonds is 4. The van der Waals surface area contributed by atoms with E-state index in [2.05, 4.69) is 10.3 Å². The fourth-order valence-electron chi connectivity index (χ4n) is 2.23. The molecule has 0 fully saturated rings. The molecule has 23 heavy (non-hydrogen) atoms. The number of hydrogen-bond acceptors (Lipinski definition) is 4. The molecule has 1 aromatic heterocycles. The number of nitrogen functional groups attached to an aromatic ring is 1. The maximum absolute atomic E-state index is 12.7. The highest BCUT2D eigenvalue weighted by atomic mass is 35.5. The maximum atomic E-state index is 12.7. The molecule has 0 atom stereocenters. The Labute approximate surface area is 138 Å². The van der Waals surface area contributed by atoms with Crippen LogP contribution in [0.15, 0.2) is 66.9 Å². The summed E-state index contributed by atoms with van der Waals surface area (Å²) in [6.45, 7) is 0. The number of pyridine rings is 1. The van der Waals surface area contributed by atoms with Gasteiger partial charge in [-0.25, -0.2) is 4.98 Å². The van der Waals surface area contributed by atoms with E-state index in [4.69, 9.17) is 17.3 Å². The highest BCUT2D eigenvalue weighted by Gasteiger charge is 2.14. The Balaban J connectivity index is 1.98. The molecule has 0 spiro atoms. The second-order valence-electron chi connectivity index (χ2n) is 4.95. The third-order valence-electron chi connectivity index (χ3n) is 3.35. The highest BCUT2D eigenvalue weighted by Crippen LogP contribution is 2.25. The average molecular weight is 324 g/mol. The third kappa shape index (κ3) is 3.33. The standard InChI is InChI=1S/C18H14ClN3O/c19-13-6-3-5-12(11-13)17(23)14-7-1-2-9-16(14)22-18-15(20)8-4-10-21-18/h1-11H,20H2,(H,21,22). The van der Waals surface area contributed by atoms with E-state index in [9.17, 15) is 4.79 Å². The van der Waals surface area contributed by atoms with Crippen molar-refractivity contribution >= 4 is 34.6 Å². The van der Waals surface area contributed by atoms with Gasteiger partial charge in [0.2, 0.25) is 0 Å². The van der Waals surface area contributed by atoms with E-state index < -0.39 is 0 Å². The van der Waals surface area contributed by atoms with Gasteiger partial charge in [0.25, 0.3) is 0 Å². The van der Waals surface area contributed by atoms with Crippen LogP contribution in [0.2, 0.25) is 5.02 Å². The number of nitrogens with one attached hydrogen (secondary N) is 1. The highest BCUT2D eigenvalue weighted by molar-refractivity contribution is 6.31. The lowest BCUT2D eigenvalue weighted by Crippen LogP contribution is -2.07. The lowest BCUT2D eigenvalue weighted by molar-refractivity contribution is 0.103. The normalized spacial score (nSPS) is 10.3. The van der Waals surface area contributed by atoms with Gasteiger partial charge in [0.05, 0.1) is 11.4 Å². The number of nitrogens with zero attached hydrogens (tertiary/aromatic N) is 1. The zero-order valence-electron chi connectivity index (χ0n) is 12.2. The van der Waals surface area contributed by atoms with Crippen molar-refractivity contribution in [1.29, 1.82) is 0 Å². The number of hydrogen-bond donors (Lipinski definition) is 2. The summed E-state index contributed by atoms with van der Waals surface area (Å²) in [4.78, 5) is 16.9. The molecule has 1 heterocycles. The van der Waals surface area contributed by atoms with Crippen molar-refractivity contribution in [3.8, 4) is 0 Å². The van der Waals surface area contributed by atoms with Gasteiger partial charge >= 0.3 is 0 Å². The smallest absolute Gasteiger partial charge is 0.195 e. The average Bonchev–Trinajstić information content (AvgIpc) is 2.57. The van der Waals surface area contributed by atoms with Gasteiger partial charge in [-0.05, 0) is 36.4 Å². The van der Waals surface area contributed by atoms with Crippen LogP contribution in [0.25, 0.3) is 0 Å². The van der Waals surface area contributed by atoms with E-state index in [-0.39, 0.29) is 5.78 Å². The molecule has 2 aromatic carbocycles. The number of carbonyl (C=O) groups is 1. The third-order valence-corrected chi connectivity index (χ3v) is 3.59. The number of benzene rings is 2. The molecule has 0 saturated carbocycles. The summed E-state index contributed by atoms with van der Waals surface area (Å²) in [5, 5.41) is 3.64. The molecule has 0 unspecified atom stereocenters. The van der Waals surface area contributed by atoms with E-state index in [1.54, 1.807) is 48.7 Å². The van der Waals surface area contributed by atoms with Crippen LogP contribution in [0.4, 0.5) is 17.2 Å². The maximum Gasteiger partial charge on any atom is 0.195 e. The van der Waals surface area contributed by atoms with Crippen LogP contribution in [0.5, 0.6) is 0 Å². The number of aromatic nitrogens is 1. The minimum Gasteiger partial charge on any atom is -0.396 e. The van der Waals surface area contributed by atoms with Crippen LogP contribution in [0.3, 0.4) is 0 Å². The van der Waals surface area contributed by atoms with Crippen molar-refractivity contribution in [3.05, 3.63) is 83.0 Å². The predicted octanol–water partition coefficient (Wildman–Crippen LogP) is 4.29. The number of para-hydroxylation sites is 1. The van der Waals surface area contributed by atoms with Crippen molar-refractivity contribution < 1.29 is 4.79 Å². The molecular weight excluding hydrogens is 310 g/mol. The molecule has 4 nitrogen and oxygen atoms in total. The van der Waals surface area contributed by atoms with E-state index in [1.807, 2.05) is 18.2 Å². The van der Waals surface area contributed by atoms with Gasteiger partial charge in [0.1, 0.15) is 0 Å². The molecule has 0 saturated heterocycles. The van der Waals surface area contributed by atoms with Crippen molar-refractivity contribution in [1.82, 2.24) is 4.98 Å². The number of nitrogens with two attached hydrogens (primary N) is 1. The second kappa shape index (κ2) is 6.50. The summed E-state index contributed by atoms with van der Waals surface area (Å²) in [5.74, 6) is 0.393. The molecule has 0 aliphatic rings. The van der Waals surface area contributed by atoms with Gasteiger partial charge in [-0.2, -0.15) is 0 Å². The van der Waals surface area contributed by atoms with Crippen LogP contribution in [0, 0.1) is 0 Å². The number of ketones is 1. The van der Waals surface area contributed by atoms with Gasteiger partial charge in [-0.3, -0.25) is 4.79 Å². The molecule has 5 heteroatoms. The number of halogens is 1. The van der Waals surface area contributed by atoms with Gasteiger partial charge in [0.15, 0.2) is 11.6 Å².